The molecule has 1 aliphatic heterocycles. The Bertz CT molecular complexity index is 294. The Labute approximate surface area is 84.5 Å². The number of likely N-dealkylation sites (N-methyl/N-ethyl adjacent to an activating group) is 1. The molecule has 1 saturated heterocycles. The average molecular weight is 193 g/mol. The normalized spacial score (nSPS) is 23.7. The molecule has 1 nitrogen and oxygen atoms in total. The summed E-state index contributed by atoms with van der Waals surface area (Å²) >= 11 is 0. The van der Waals surface area contributed by atoms with Crippen molar-refractivity contribution in [2.75, 3.05) is 20.1 Å². The summed E-state index contributed by atoms with van der Waals surface area (Å²) in [7, 11) is 2.15. The van der Waals surface area contributed by atoms with Gasteiger partial charge in [-0.15, -0.1) is 0 Å². The number of rotatable bonds is 1. The van der Waals surface area contributed by atoms with Gasteiger partial charge in [0.05, 0.1) is 0 Å². The zero-order valence-electron chi connectivity index (χ0n) is 8.54. The van der Waals surface area contributed by atoms with E-state index < -0.39 is 0 Å². The van der Waals surface area contributed by atoms with Crippen molar-refractivity contribution in [3.63, 3.8) is 0 Å². The van der Waals surface area contributed by atoms with E-state index in [1.54, 1.807) is 12.1 Å². The quantitative estimate of drug-likeness (QED) is 0.662. The highest BCUT2D eigenvalue weighted by molar-refractivity contribution is 5.21. The van der Waals surface area contributed by atoms with Crippen LogP contribution in [-0.2, 0) is 0 Å². The monoisotopic (exact) mass is 193 g/mol. The van der Waals surface area contributed by atoms with Crippen LogP contribution in [0.25, 0.3) is 0 Å². The molecule has 2 heteroatoms. The third-order valence-electron chi connectivity index (χ3n) is 2.97. The average Bonchev–Trinajstić information content (AvgIpc) is 2.19. The molecular weight excluding hydrogens is 177 g/mol. The van der Waals surface area contributed by atoms with Gasteiger partial charge >= 0.3 is 0 Å². The van der Waals surface area contributed by atoms with E-state index >= 15 is 0 Å². The fraction of sp³-hybridized carbons (Fsp3) is 0.500. The van der Waals surface area contributed by atoms with Crippen molar-refractivity contribution in [3.05, 3.63) is 35.6 Å². The van der Waals surface area contributed by atoms with E-state index in [0.29, 0.717) is 5.92 Å². The van der Waals surface area contributed by atoms with E-state index in [2.05, 4.69) is 11.9 Å². The summed E-state index contributed by atoms with van der Waals surface area (Å²) < 4.78 is 12.7. The van der Waals surface area contributed by atoms with Crippen LogP contribution < -0.4 is 0 Å². The number of benzene rings is 1. The van der Waals surface area contributed by atoms with Crippen LogP contribution in [0.15, 0.2) is 24.3 Å². The van der Waals surface area contributed by atoms with E-state index in [-0.39, 0.29) is 5.82 Å². The highest BCUT2D eigenvalue weighted by atomic mass is 19.1. The summed E-state index contributed by atoms with van der Waals surface area (Å²) in [4.78, 5) is 2.34. The first kappa shape index (κ1) is 9.66. The van der Waals surface area contributed by atoms with Gasteiger partial charge in [0.2, 0.25) is 0 Å². The largest absolute Gasteiger partial charge is 0.306 e. The second kappa shape index (κ2) is 4.09. The lowest BCUT2D eigenvalue weighted by molar-refractivity contribution is 0.251. The number of hydrogen-bond acceptors (Lipinski definition) is 1. The van der Waals surface area contributed by atoms with Gasteiger partial charge in [0.25, 0.3) is 0 Å². The van der Waals surface area contributed by atoms with Gasteiger partial charge in [-0.1, -0.05) is 12.1 Å². The summed E-state index contributed by atoms with van der Waals surface area (Å²) in [5.74, 6) is 0.451. The maximum absolute atomic E-state index is 12.7. The lowest BCUT2D eigenvalue weighted by Crippen LogP contribution is -2.30. The Kier molecular flexibility index (Phi) is 2.82. The molecule has 0 N–H and O–H groups in total. The van der Waals surface area contributed by atoms with E-state index in [1.807, 2.05) is 12.1 Å². The molecule has 14 heavy (non-hydrogen) atoms. The van der Waals surface area contributed by atoms with Crippen LogP contribution in [0, 0.1) is 5.82 Å². The molecular formula is C12H16FN. The van der Waals surface area contributed by atoms with E-state index in [4.69, 9.17) is 0 Å². The molecule has 1 aromatic rings. The molecule has 1 heterocycles. The van der Waals surface area contributed by atoms with Crippen molar-refractivity contribution in [2.45, 2.75) is 18.8 Å². The second-order valence-corrected chi connectivity index (χ2v) is 4.15. The summed E-state index contributed by atoms with van der Waals surface area (Å²) in [6.07, 6.45) is 2.48. The number of nitrogens with zero attached hydrogens (tertiary/aromatic N) is 1. The van der Waals surface area contributed by atoms with E-state index in [1.165, 1.54) is 24.9 Å². The molecule has 1 aliphatic rings. The molecule has 0 amide bonds. The molecule has 0 aromatic heterocycles. The van der Waals surface area contributed by atoms with E-state index in [9.17, 15) is 4.39 Å². The molecule has 0 saturated carbocycles. The van der Waals surface area contributed by atoms with Crippen molar-refractivity contribution < 1.29 is 4.39 Å². The third-order valence-corrected chi connectivity index (χ3v) is 2.97. The van der Waals surface area contributed by atoms with Crippen LogP contribution in [0.1, 0.15) is 24.3 Å². The summed E-state index contributed by atoms with van der Waals surface area (Å²) in [5.41, 5.74) is 1.28. The van der Waals surface area contributed by atoms with Gasteiger partial charge < -0.3 is 4.90 Å². The summed E-state index contributed by atoms with van der Waals surface area (Å²) in [6.45, 7) is 2.29. The molecule has 0 spiro atoms. The predicted molar refractivity (Wildman–Crippen MR) is 55.9 cm³/mol. The van der Waals surface area contributed by atoms with Crippen molar-refractivity contribution in [2.24, 2.45) is 0 Å². The Morgan fingerprint density at radius 2 is 2.00 bits per heavy atom. The number of likely N-dealkylation sites (tertiary alicyclic amines) is 1. The van der Waals surface area contributed by atoms with E-state index in [0.717, 1.165) is 6.54 Å². The van der Waals surface area contributed by atoms with Crippen LogP contribution in [0.3, 0.4) is 0 Å². The molecule has 0 unspecified atom stereocenters. The first-order valence-corrected chi connectivity index (χ1v) is 5.20. The molecule has 0 bridgehead atoms. The Hall–Kier alpha value is -0.890. The Morgan fingerprint density at radius 1 is 1.29 bits per heavy atom. The highest BCUT2D eigenvalue weighted by Crippen LogP contribution is 2.25. The first-order valence-electron chi connectivity index (χ1n) is 5.20. The Balaban J connectivity index is 2.10. The maximum atomic E-state index is 12.7. The molecule has 0 aliphatic carbocycles. The fourth-order valence-corrected chi connectivity index (χ4v) is 2.17. The topological polar surface area (TPSA) is 3.24 Å². The smallest absolute Gasteiger partial charge is 0.123 e. The minimum Gasteiger partial charge on any atom is -0.306 e. The minimum absolute atomic E-state index is 0.141. The van der Waals surface area contributed by atoms with Crippen LogP contribution >= 0.6 is 0 Å². The molecule has 2 rings (SSSR count). The number of hydrogen-bond donors (Lipinski definition) is 0. The molecule has 1 fully saturated rings. The lowest BCUT2D eigenvalue weighted by atomic mass is 9.91. The van der Waals surface area contributed by atoms with Gasteiger partial charge in [-0.25, -0.2) is 4.39 Å². The predicted octanol–water partition coefficient (Wildman–Crippen LogP) is 2.63. The SMILES string of the molecule is CN1CCC[C@@H](c2ccc(F)cc2)C1. The summed E-state index contributed by atoms with van der Waals surface area (Å²) in [6, 6.07) is 6.95. The highest BCUT2D eigenvalue weighted by Gasteiger charge is 2.18. The van der Waals surface area contributed by atoms with Crippen molar-refractivity contribution in [1.82, 2.24) is 4.90 Å². The molecule has 1 aromatic carbocycles. The van der Waals surface area contributed by atoms with Gasteiger partial charge in [-0.2, -0.15) is 0 Å². The van der Waals surface area contributed by atoms with Crippen LogP contribution in [0.2, 0.25) is 0 Å². The number of halogens is 1. The second-order valence-electron chi connectivity index (χ2n) is 4.15. The third kappa shape index (κ3) is 2.13. The van der Waals surface area contributed by atoms with Gasteiger partial charge in [0, 0.05) is 6.54 Å². The first-order chi connectivity index (χ1) is 6.75. The minimum atomic E-state index is -0.141. The van der Waals surface area contributed by atoms with Gasteiger partial charge in [0.15, 0.2) is 0 Å². The zero-order valence-corrected chi connectivity index (χ0v) is 8.54. The van der Waals surface area contributed by atoms with Gasteiger partial charge in [-0.3, -0.25) is 0 Å². The summed E-state index contributed by atoms with van der Waals surface area (Å²) in [5, 5.41) is 0. The zero-order chi connectivity index (χ0) is 9.97. The molecule has 0 radical (unpaired) electrons. The van der Waals surface area contributed by atoms with Crippen molar-refractivity contribution >= 4 is 0 Å². The van der Waals surface area contributed by atoms with Crippen LogP contribution in [-0.4, -0.2) is 25.0 Å². The maximum Gasteiger partial charge on any atom is 0.123 e. The number of piperidine rings is 1. The Morgan fingerprint density at radius 3 is 2.64 bits per heavy atom. The van der Waals surface area contributed by atoms with Crippen LogP contribution in [0.5, 0.6) is 0 Å². The fourth-order valence-electron chi connectivity index (χ4n) is 2.17. The van der Waals surface area contributed by atoms with Crippen molar-refractivity contribution in [1.29, 1.82) is 0 Å². The lowest BCUT2D eigenvalue weighted by Gasteiger charge is -2.29. The standard InChI is InChI=1S/C12H16FN/c1-14-8-2-3-11(9-14)10-4-6-12(13)7-5-10/h4-7,11H,2-3,8-9H2,1H3/t11-/m1/s1. The molecule has 76 valence electrons. The van der Waals surface area contributed by atoms with Crippen molar-refractivity contribution in [3.8, 4) is 0 Å². The molecule has 1 atom stereocenters. The van der Waals surface area contributed by atoms with Crippen LogP contribution in [0.4, 0.5) is 4.39 Å². The van der Waals surface area contributed by atoms with Gasteiger partial charge in [-0.05, 0) is 50.0 Å². The van der Waals surface area contributed by atoms with Gasteiger partial charge in [0.1, 0.15) is 5.82 Å².